The van der Waals surface area contributed by atoms with E-state index >= 15 is 0 Å². The molecule has 2 aromatic rings. The summed E-state index contributed by atoms with van der Waals surface area (Å²) >= 11 is 0. The molecule has 0 atom stereocenters. The summed E-state index contributed by atoms with van der Waals surface area (Å²) in [7, 11) is 0. The van der Waals surface area contributed by atoms with E-state index in [0.29, 0.717) is 11.1 Å². The molecule has 0 spiro atoms. The largest absolute Gasteiger partial charge is 0.392 e. The second-order valence-corrected chi connectivity index (χ2v) is 3.27. The van der Waals surface area contributed by atoms with Crippen LogP contribution in [0.1, 0.15) is 5.56 Å². The highest BCUT2D eigenvalue weighted by Gasteiger charge is 2.08. The van der Waals surface area contributed by atoms with Crippen molar-refractivity contribution in [3.05, 3.63) is 30.0 Å². The molecule has 0 aliphatic carbocycles. The molecule has 0 saturated heterocycles. The summed E-state index contributed by atoms with van der Waals surface area (Å²) in [5.74, 6) is 0. The summed E-state index contributed by atoms with van der Waals surface area (Å²) in [5, 5.41) is 13.6. The quantitative estimate of drug-likeness (QED) is 0.842. The van der Waals surface area contributed by atoms with Gasteiger partial charge in [0.05, 0.1) is 18.3 Å². The molecule has 15 heavy (non-hydrogen) atoms. The number of aromatic nitrogens is 2. The zero-order valence-electron chi connectivity index (χ0n) is 7.90. The van der Waals surface area contributed by atoms with Gasteiger partial charge in [-0.1, -0.05) is 12.1 Å². The van der Waals surface area contributed by atoms with E-state index in [0.717, 1.165) is 5.39 Å². The lowest BCUT2D eigenvalue weighted by molar-refractivity contribution is 0.123. The van der Waals surface area contributed by atoms with Crippen LogP contribution in [-0.2, 0) is 13.2 Å². The molecular weight excluding hydrogens is 202 g/mol. The van der Waals surface area contributed by atoms with Crippen molar-refractivity contribution in [2.45, 2.75) is 19.6 Å². The topological polar surface area (TPSA) is 38.1 Å². The van der Waals surface area contributed by atoms with Crippen LogP contribution in [0.5, 0.6) is 0 Å². The number of aliphatic hydroxyl groups excluding tert-OH is 1. The van der Waals surface area contributed by atoms with Gasteiger partial charge in [-0.05, 0) is 11.6 Å². The molecule has 0 aliphatic rings. The van der Waals surface area contributed by atoms with E-state index in [-0.39, 0.29) is 6.61 Å². The number of rotatable bonds is 3. The van der Waals surface area contributed by atoms with Gasteiger partial charge in [-0.2, -0.15) is 5.10 Å². The Labute approximate surface area is 84.9 Å². The molecule has 1 N–H and O–H groups in total. The third-order valence-corrected chi connectivity index (χ3v) is 2.20. The predicted molar refractivity (Wildman–Crippen MR) is 51.7 cm³/mol. The Kier molecular flexibility index (Phi) is 2.64. The van der Waals surface area contributed by atoms with Crippen molar-refractivity contribution in [1.29, 1.82) is 0 Å². The number of fused-ring (bicyclic) bond motifs is 1. The molecule has 0 fully saturated rings. The Morgan fingerprint density at radius 3 is 2.87 bits per heavy atom. The summed E-state index contributed by atoms with van der Waals surface area (Å²) in [5.41, 5.74) is 1.32. The number of benzene rings is 1. The first-order valence-electron chi connectivity index (χ1n) is 4.54. The number of hydrogen-bond donors (Lipinski definition) is 1. The third kappa shape index (κ3) is 1.97. The molecule has 0 saturated carbocycles. The molecule has 0 unspecified atom stereocenters. The number of aliphatic hydroxyl groups is 1. The number of nitrogens with zero attached hydrogens (tertiary/aromatic N) is 2. The van der Waals surface area contributed by atoms with Crippen molar-refractivity contribution in [1.82, 2.24) is 9.78 Å². The van der Waals surface area contributed by atoms with Gasteiger partial charge in [-0.25, -0.2) is 8.78 Å². The summed E-state index contributed by atoms with van der Waals surface area (Å²) < 4.78 is 25.6. The fraction of sp³-hybridized carbons (Fsp3) is 0.300. The average molecular weight is 212 g/mol. The maximum atomic E-state index is 12.2. The Morgan fingerprint density at radius 1 is 1.40 bits per heavy atom. The third-order valence-electron chi connectivity index (χ3n) is 2.20. The van der Waals surface area contributed by atoms with Crippen LogP contribution < -0.4 is 0 Å². The lowest BCUT2D eigenvalue weighted by Gasteiger charge is -2.03. The second-order valence-electron chi connectivity index (χ2n) is 3.27. The van der Waals surface area contributed by atoms with E-state index in [2.05, 4.69) is 5.10 Å². The van der Waals surface area contributed by atoms with E-state index in [1.807, 2.05) is 0 Å². The first-order valence-corrected chi connectivity index (χ1v) is 4.54. The van der Waals surface area contributed by atoms with Crippen molar-refractivity contribution in [3.63, 3.8) is 0 Å². The van der Waals surface area contributed by atoms with E-state index in [4.69, 9.17) is 5.11 Å². The van der Waals surface area contributed by atoms with E-state index in [1.54, 1.807) is 24.4 Å². The Hall–Kier alpha value is -1.49. The molecule has 0 radical (unpaired) electrons. The highest BCUT2D eigenvalue weighted by Crippen LogP contribution is 2.16. The van der Waals surface area contributed by atoms with Crippen LogP contribution in [0.15, 0.2) is 24.4 Å². The fourth-order valence-corrected chi connectivity index (χ4v) is 1.49. The van der Waals surface area contributed by atoms with Crippen molar-refractivity contribution >= 4 is 10.9 Å². The molecule has 1 heterocycles. The highest BCUT2D eigenvalue weighted by atomic mass is 19.3. The lowest BCUT2D eigenvalue weighted by Crippen LogP contribution is -2.07. The maximum Gasteiger partial charge on any atom is 0.257 e. The second kappa shape index (κ2) is 3.94. The zero-order chi connectivity index (χ0) is 10.8. The minimum atomic E-state index is -2.43. The van der Waals surface area contributed by atoms with Crippen LogP contribution in [0.3, 0.4) is 0 Å². The molecule has 1 aromatic carbocycles. The van der Waals surface area contributed by atoms with Crippen molar-refractivity contribution in [2.75, 3.05) is 0 Å². The van der Waals surface area contributed by atoms with E-state index in [1.165, 1.54) is 4.68 Å². The summed E-state index contributed by atoms with van der Waals surface area (Å²) in [6.07, 6.45) is -0.885. The van der Waals surface area contributed by atoms with Crippen LogP contribution >= 0.6 is 0 Å². The first-order chi connectivity index (χ1) is 7.20. The molecule has 3 nitrogen and oxygen atoms in total. The molecule has 1 aromatic heterocycles. The zero-order valence-corrected chi connectivity index (χ0v) is 7.90. The summed E-state index contributed by atoms with van der Waals surface area (Å²) in [6, 6.07) is 5.18. The predicted octanol–water partition coefficient (Wildman–Crippen LogP) is 1.79. The molecule has 5 heteroatoms. The van der Waals surface area contributed by atoms with Crippen LogP contribution in [0.4, 0.5) is 8.78 Å². The Bertz CT molecular complexity index is 467. The molecule has 2 rings (SSSR count). The lowest BCUT2D eigenvalue weighted by atomic mass is 10.2. The van der Waals surface area contributed by atoms with Gasteiger partial charge in [0, 0.05) is 5.39 Å². The standard InChI is InChI=1S/C10H10F2N2O/c11-10(12)5-14-9-3-7(6-15)1-2-8(9)4-13-14/h1-4,10,15H,5-6H2. The van der Waals surface area contributed by atoms with Gasteiger partial charge >= 0.3 is 0 Å². The summed E-state index contributed by atoms with van der Waals surface area (Å²) in [4.78, 5) is 0. The molecule has 0 bridgehead atoms. The highest BCUT2D eigenvalue weighted by molar-refractivity contribution is 5.79. The first kappa shape index (κ1) is 10.0. The van der Waals surface area contributed by atoms with Crippen LogP contribution in [0.2, 0.25) is 0 Å². The van der Waals surface area contributed by atoms with Gasteiger partial charge < -0.3 is 5.11 Å². The monoisotopic (exact) mass is 212 g/mol. The van der Waals surface area contributed by atoms with E-state index < -0.39 is 13.0 Å². The Balaban J connectivity index is 2.46. The maximum absolute atomic E-state index is 12.2. The van der Waals surface area contributed by atoms with E-state index in [9.17, 15) is 8.78 Å². The van der Waals surface area contributed by atoms with Crippen molar-refractivity contribution in [2.24, 2.45) is 0 Å². The minimum Gasteiger partial charge on any atom is -0.392 e. The number of halogens is 2. The van der Waals surface area contributed by atoms with Crippen LogP contribution in [0, 0.1) is 0 Å². The van der Waals surface area contributed by atoms with Gasteiger partial charge in [0.15, 0.2) is 0 Å². The van der Waals surface area contributed by atoms with Crippen molar-refractivity contribution < 1.29 is 13.9 Å². The van der Waals surface area contributed by atoms with Gasteiger partial charge in [-0.15, -0.1) is 0 Å². The van der Waals surface area contributed by atoms with Gasteiger partial charge in [-0.3, -0.25) is 4.68 Å². The molecular formula is C10H10F2N2O. The van der Waals surface area contributed by atoms with Gasteiger partial charge in [0.25, 0.3) is 6.43 Å². The average Bonchev–Trinajstić information content (AvgIpc) is 2.60. The normalized spacial score (nSPS) is 11.5. The number of hydrogen-bond acceptors (Lipinski definition) is 2. The summed E-state index contributed by atoms with van der Waals surface area (Å²) in [6.45, 7) is -0.520. The fourth-order valence-electron chi connectivity index (χ4n) is 1.49. The smallest absolute Gasteiger partial charge is 0.257 e. The molecule has 0 aliphatic heterocycles. The molecule has 80 valence electrons. The Morgan fingerprint density at radius 2 is 2.20 bits per heavy atom. The van der Waals surface area contributed by atoms with Crippen LogP contribution in [0.25, 0.3) is 10.9 Å². The molecule has 0 amide bonds. The SMILES string of the molecule is OCc1ccc2cnn(CC(F)F)c2c1. The minimum absolute atomic E-state index is 0.101. The van der Waals surface area contributed by atoms with Gasteiger partial charge in [0.1, 0.15) is 6.54 Å². The number of alkyl halides is 2. The van der Waals surface area contributed by atoms with Gasteiger partial charge in [0.2, 0.25) is 0 Å². The van der Waals surface area contributed by atoms with Crippen molar-refractivity contribution in [3.8, 4) is 0 Å². The van der Waals surface area contributed by atoms with Crippen LogP contribution in [-0.4, -0.2) is 21.3 Å².